The van der Waals surface area contributed by atoms with Gasteiger partial charge in [-0.25, -0.2) is 0 Å². The van der Waals surface area contributed by atoms with Crippen LogP contribution in [0.25, 0.3) is 0 Å². The third-order valence-electron chi connectivity index (χ3n) is 1.36. The molecule has 0 aliphatic heterocycles. The molecule has 0 spiro atoms. The average Bonchev–Trinajstić information content (AvgIpc) is 1.99. The standard InChI is InChI=1S/C9H14O/c1-5-8(3)9(6-2)7-10-4/h5-6H,1-2,7H2,3-4H3. The fourth-order valence-corrected chi connectivity index (χ4v) is 0.620. The van der Waals surface area contributed by atoms with Crippen molar-refractivity contribution in [2.45, 2.75) is 6.92 Å². The highest BCUT2D eigenvalue weighted by Gasteiger charge is 1.92. The normalized spacial score (nSPS) is 12.2. The van der Waals surface area contributed by atoms with Crippen molar-refractivity contribution in [3.8, 4) is 0 Å². The maximum absolute atomic E-state index is 4.94. The molecule has 1 nitrogen and oxygen atoms in total. The van der Waals surface area contributed by atoms with Crippen molar-refractivity contribution in [3.63, 3.8) is 0 Å². The van der Waals surface area contributed by atoms with Crippen molar-refractivity contribution in [1.29, 1.82) is 0 Å². The Morgan fingerprint density at radius 3 is 2.30 bits per heavy atom. The second-order valence-electron chi connectivity index (χ2n) is 2.05. The third kappa shape index (κ3) is 2.65. The lowest BCUT2D eigenvalue weighted by Crippen LogP contribution is -1.93. The maximum Gasteiger partial charge on any atom is 0.0715 e. The molecular weight excluding hydrogens is 124 g/mol. The molecule has 0 aromatic rings. The highest BCUT2D eigenvalue weighted by atomic mass is 16.5. The molecule has 1 heteroatoms. The number of methoxy groups -OCH3 is 1. The van der Waals surface area contributed by atoms with E-state index in [9.17, 15) is 0 Å². The van der Waals surface area contributed by atoms with Crippen molar-refractivity contribution in [1.82, 2.24) is 0 Å². The number of hydrogen-bond acceptors (Lipinski definition) is 1. The van der Waals surface area contributed by atoms with E-state index in [1.54, 1.807) is 19.3 Å². The first-order valence-corrected chi connectivity index (χ1v) is 3.19. The molecule has 0 unspecified atom stereocenters. The van der Waals surface area contributed by atoms with E-state index in [1.807, 2.05) is 6.92 Å². The summed E-state index contributed by atoms with van der Waals surface area (Å²) in [6, 6.07) is 0. The lowest BCUT2D eigenvalue weighted by molar-refractivity contribution is 0.228. The molecule has 0 radical (unpaired) electrons. The smallest absolute Gasteiger partial charge is 0.0715 e. The zero-order chi connectivity index (χ0) is 7.98. The van der Waals surface area contributed by atoms with Crippen LogP contribution in [-0.2, 0) is 4.74 Å². The third-order valence-corrected chi connectivity index (χ3v) is 1.36. The van der Waals surface area contributed by atoms with Gasteiger partial charge < -0.3 is 4.74 Å². The Balaban J connectivity index is 4.28. The van der Waals surface area contributed by atoms with Crippen LogP contribution in [0.4, 0.5) is 0 Å². The van der Waals surface area contributed by atoms with E-state index >= 15 is 0 Å². The summed E-state index contributed by atoms with van der Waals surface area (Å²) in [4.78, 5) is 0. The molecule has 0 fully saturated rings. The Hall–Kier alpha value is -0.820. The van der Waals surface area contributed by atoms with Gasteiger partial charge in [-0.3, -0.25) is 0 Å². The van der Waals surface area contributed by atoms with Crippen LogP contribution in [0.5, 0.6) is 0 Å². The second-order valence-corrected chi connectivity index (χ2v) is 2.05. The van der Waals surface area contributed by atoms with Crippen LogP contribution in [0, 0.1) is 0 Å². The van der Waals surface area contributed by atoms with Crippen LogP contribution in [0.3, 0.4) is 0 Å². The van der Waals surface area contributed by atoms with E-state index in [0.29, 0.717) is 6.61 Å². The Morgan fingerprint density at radius 1 is 1.40 bits per heavy atom. The van der Waals surface area contributed by atoms with Crippen molar-refractivity contribution in [2.24, 2.45) is 0 Å². The molecule has 0 aliphatic rings. The van der Waals surface area contributed by atoms with Crippen LogP contribution in [0.15, 0.2) is 36.5 Å². The minimum Gasteiger partial charge on any atom is -0.380 e. The van der Waals surface area contributed by atoms with Crippen molar-refractivity contribution >= 4 is 0 Å². The summed E-state index contributed by atoms with van der Waals surface area (Å²) in [5.74, 6) is 0. The summed E-state index contributed by atoms with van der Waals surface area (Å²) >= 11 is 0. The lowest BCUT2D eigenvalue weighted by atomic mass is 10.1. The molecule has 0 aliphatic carbocycles. The van der Waals surface area contributed by atoms with Crippen molar-refractivity contribution in [2.75, 3.05) is 13.7 Å². The van der Waals surface area contributed by atoms with E-state index < -0.39 is 0 Å². The zero-order valence-electron chi connectivity index (χ0n) is 6.68. The number of allylic oxidation sites excluding steroid dienone is 2. The maximum atomic E-state index is 4.94. The average molecular weight is 138 g/mol. The molecular formula is C9H14O. The Bertz CT molecular complexity index is 154. The molecule has 0 aromatic carbocycles. The minimum atomic E-state index is 0.612. The van der Waals surface area contributed by atoms with Crippen LogP contribution >= 0.6 is 0 Å². The van der Waals surface area contributed by atoms with E-state index in [0.717, 1.165) is 11.1 Å². The second kappa shape index (κ2) is 5.00. The minimum absolute atomic E-state index is 0.612. The topological polar surface area (TPSA) is 9.23 Å². The summed E-state index contributed by atoms with van der Waals surface area (Å²) in [5, 5.41) is 0. The molecule has 0 aromatic heterocycles. The van der Waals surface area contributed by atoms with Crippen molar-refractivity contribution in [3.05, 3.63) is 36.5 Å². The first kappa shape index (κ1) is 9.18. The van der Waals surface area contributed by atoms with Gasteiger partial charge in [-0.05, 0) is 18.1 Å². The summed E-state index contributed by atoms with van der Waals surface area (Å²) in [5.41, 5.74) is 2.22. The molecule has 0 bridgehead atoms. The fraction of sp³-hybridized carbons (Fsp3) is 0.333. The molecule has 0 amide bonds. The summed E-state index contributed by atoms with van der Waals surface area (Å²) in [6.45, 7) is 9.92. The molecule has 56 valence electrons. The van der Waals surface area contributed by atoms with Crippen LogP contribution in [0.2, 0.25) is 0 Å². The zero-order valence-corrected chi connectivity index (χ0v) is 6.68. The highest BCUT2D eigenvalue weighted by Crippen LogP contribution is 2.05. The van der Waals surface area contributed by atoms with Crippen LogP contribution in [-0.4, -0.2) is 13.7 Å². The molecule has 0 saturated carbocycles. The molecule has 0 saturated heterocycles. The predicted molar refractivity (Wildman–Crippen MR) is 45.0 cm³/mol. The van der Waals surface area contributed by atoms with Crippen LogP contribution < -0.4 is 0 Å². The van der Waals surface area contributed by atoms with E-state index in [1.165, 1.54) is 0 Å². The number of ether oxygens (including phenoxy) is 1. The summed E-state index contributed by atoms with van der Waals surface area (Å²) < 4.78 is 4.94. The van der Waals surface area contributed by atoms with Gasteiger partial charge in [0.25, 0.3) is 0 Å². The Morgan fingerprint density at radius 2 is 2.00 bits per heavy atom. The summed E-state index contributed by atoms with van der Waals surface area (Å²) in [7, 11) is 1.67. The van der Waals surface area contributed by atoms with Gasteiger partial charge in [0.15, 0.2) is 0 Å². The first-order chi connectivity index (χ1) is 4.76. The van der Waals surface area contributed by atoms with Gasteiger partial charge in [0.1, 0.15) is 0 Å². The van der Waals surface area contributed by atoms with Gasteiger partial charge in [0, 0.05) is 7.11 Å². The van der Waals surface area contributed by atoms with E-state index in [-0.39, 0.29) is 0 Å². The van der Waals surface area contributed by atoms with Gasteiger partial charge in [-0.1, -0.05) is 25.3 Å². The number of rotatable bonds is 4. The van der Waals surface area contributed by atoms with Gasteiger partial charge in [-0.15, -0.1) is 0 Å². The molecule has 0 atom stereocenters. The largest absolute Gasteiger partial charge is 0.380 e. The SMILES string of the molecule is C=CC(C)=C(C=C)COC. The van der Waals surface area contributed by atoms with E-state index in [4.69, 9.17) is 4.74 Å². The van der Waals surface area contributed by atoms with Gasteiger partial charge in [0.2, 0.25) is 0 Å². The fourth-order valence-electron chi connectivity index (χ4n) is 0.620. The molecule has 0 rings (SSSR count). The quantitative estimate of drug-likeness (QED) is 0.542. The Labute approximate surface area is 62.7 Å². The predicted octanol–water partition coefficient (Wildman–Crippen LogP) is 2.32. The number of hydrogen-bond donors (Lipinski definition) is 0. The summed E-state index contributed by atoms with van der Waals surface area (Å²) in [6.07, 6.45) is 3.59. The van der Waals surface area contributed by atoms with Gasteiger partial charge in [0.05, 0.1) is 6.61 Å². The van der Waals surface area contributed by atoms with Crippen molar-refractivity contribution < 1.29 is 4.74 Å². The lowest BCUT2D eigenvalue weighted by Gasteiger charge is -2.01. The Kier molecular flexibility index (Phi) is 4.59. The van der Waals surface area contributed by atoms with E-state index in [2.05, 4.69) is 13.2 Å². The molecule has 0 N–H and O–H groups in total. The van der Waals surface area contributed by atoms with Crippen LogP contribution in [0.1, 0.15) is 6.92 Å². The van der Waals surface area contributed by atoms with Gasteiger partial charge in [-0.2, -0.15) is 0 Å². The molecule has 0 heterocycles. The van der Waals surface area contributed by atoms with Gasteiger partial charge >= 0.3 is 0 Å². The highest BCUT2D eigenvalue weighted by molar-refractivity contribution is 5.29. The molecule has 10 heavy (non-hydrogen) atoms. The first-order valence-electron chi connectivity index (χ1n) is 3.19. The monoisotopic (exact) mass is 138 g/mol.